The smallest absolute Gasteiger partial charge is 0.407 e. The van der Waals surface area contributed by atoms with Crippen LogP contribution >= 0.6 is 11.3 Å². The third-order valence-electron chi connectivity index (χ3n) is 5.28. The molecule has 1 aliphatic rings. The summed E-state index contributed by atoms with van der Waals surface area (Å²) < 4.78 is 10.6. The van der Waals surface area contributed by atoms with Gasteiger partial charge in [-0.3, -0.25) is 9.69 Å². The van der Waals surface area contributed by atoms with Crippen molar-refractivity contribution in [3.8, 4) is 11.1 Å². The maximum absolute atomic E-state index is 12.8. The topological polar surface area (TPSA) is 97.0 Å². The van der Waals surface area contributed by atoms with Crippen molar-refractivity contribution in [2.75, 3.05) is 31.6 Å². The Morgan fingerprint density at radius 1 is 1.12 bits per heavy atom. The van der Waals surface area contributed by atoms with Gasteiger partial charge in [0.15, 0.2) is 0 Å². The van der Waals surface area contributed by atoms with Gasteiger partial charge in [0.05, 0.1) is 13.2 Å². The summed E-state index contributed by atoms with van der Waals surface area (Å²) >= 11 is 1.31. The van der Waals surface area contributed by atoms with Crippen molar-refractivity contribution in [2.45, 2.75) is 52.2 Å². The van der Waals surface area contributed by atoms with Crippen LogP contribution in [0.3, 0.4) is 0 Å². The second-order valence-electron chi connectivity index (χ2n) is 9.18. The number of alkyl carbamates (subject to hydrolysis) is 1. The van der Waals surface area contributed by atoms with Crippen molar-refractivity contribution >= 4 is 34.3 Å². The number of amides is 2. The van der Waals surface area contributed by atoms with Gasteiger partial charge in [-0.1, -0.05) is 30.3 Å². The number of hydrogen-bond acceptors (Lipinski definition) is 7. The summed E-state index contributed by atoms with van der Waals surface area (Å²) in [6.45, 7) is 9.07. The Labute approximate surface area is 204 Å². The molecule has 1 saturated heterocycles. The molecule has 0 bridgehead atoms. The number of ether oxygens (including phenoxy) is 2. The molecule has 0 aliphatic carbocycles. The highest BCUT2D eigenvalue weighted by molar-refractivity contribution is 7.15. The number of nitrogens with zero attached hydrogens (tertiary/aromatic N) is 1. The van der Waals surface area contributed by atoms with Gasteiger partial charge in [0.1, 0.15) is 16.2 Å². The minimum Gasteiger partial charge on any atom is -0.462 e. The standard InChI is InChI=1S/C25H33N3O5S/c1-5-32-23(30)21-19(17-9-7-6-8-10-17)16-34-22(21)27-20(29)15-28-13-11-18(12-14-28)26-24(31)33-25(2,3)4/h6-10,16,18H,5,11-15H2,1-4H3,(H,26,31)(H,27,29). The Hall–Kier alpha value is -2.91. The lowest BCUT2D eigenvalue weighted by molar-refractivity contribution is -0.117. The molecule has 1 fully saturated rings. The third kappa shape index (κ3) is 7.30. The lowest BCUT2D eigenvalue weighted by Crippen LogP contribution is -2.47. The number of likely N-dealkylation sites (tertiary alicyclic amines) is 1. The number of piperidine rings is 1. The zero-order chi connectivity index (χ0) is 24.7. The van der Waals surface area contributed by atoms with Crippen LogP contribution in [0.4, 0.5) is 9.80 Å². The van der Waals surface area contributed by atoms with E-state index in [0.717, 1.165) is 24.0 Å². The van der Waals surface area contributed by atoms with E-state index in [0.29, 0.717) is 23.7 Å². The second kappa shape index (κ2) is 11.5. The lowest BCUT2D eigenvalue weighted by Gasteiger charge is -2.32. The van der Waals surface area contributed by atoms with E-state index in [4.69, 9.17) is 9.47 Å². The Kier molecular flexibility index (Phi) is 8.68. The maximum Gasteiger partial charge on any atom is 0.407 e. The molecule has 0 spiro atoms. The van der Waals surface area contributed by atoms with Gasteiger partial charge >= 0.3 is 12.1 Å². The van der Waals surface area contributed by atoms with Crippen LogP contribution in [0.5, 0.6) is 0 Å². The van der Waals surface area contributed by atoms with Crippen LogP contribution in [0.2, 0.25) is 0 Å². The van der Waals surface area contributed by atoms with Crippen molar-refractivity contribution in [2.24, 2.45) is 0 Å². The van der Waals surface area contributed by atoms with Crippen LogP contribution in [-0.2, 0) is 14.3 Å². The molecule has 0 saturated carbocycles. The number of esters is 1. The van der Waals surface area contributed by atoms with E-state index in [2.05, 4.69) is 10.6 Å². The van der Waals surface area contributed by atoms with Crippen LogP contribution in [0.25, 0.3) is 11.1 Å². The van der Waals surface area contributed by atoms with Gasteiger partial charge in [0, 0.05) is 30.1 Å². The van der Waals surface area contributed by atoms with Crippen LogP contribution in [-0.4, -0.2) is 60.8 Å². The summed E-state index contributed by atoms with van der Waals surface area (Å²) in [6, 6.07) is 9.59. The zero-order valence-electron chi connectivity index (χ0n) is 20.2. The van der Waals surface area contributed by atoms with E-state index >= 15 is 0 Å². The van der Waals surface area contributed by atoms with Crippen molar-refractivity contribution < 1.29 is 23.9 Å². The first-order valence-corrected chi connectivity index (χ1v) is 12.4. The highest BCUT2D eigenvalue weighted by atomic mass is 32.1. The molecule has 0 atom stereocenters. The number of benzene rings is 1. The van der Waals surface area contributed by atoms with E-state index in [1.165, 1.54) is 11.3 Å². The molecule has 1 aromatic carbocycles. The first-order chi connectivity index (χ1) is 16.2. The fraction of sp³-hybridized carbons (Fsp3) is 0.480. The number of carbonyl (C=O) groups is 3. The quantitative estimate of drug-likeness (QED) is 0.558. The van der Waals surface area contributed by atoms with Crippen molar-refractivity contribution in [3.63, 3.8) is 0 Å². The number of carbonyl (C=O) groups excluding carboxylic acids is 3. The molecule has 9 heteroatoms. The molecule has 0 radical (unpaired) electrons. The van der Waals surface area contributed by atoms with Gasteiger partial charge in [-0.15, -0.1) is 11.3 Å². The molecule has 2 N–H and O–H groups in total. The van der Waals surface area contributed by atoms with Crippen LogP contribution in [0.15, 0.2) is 35.7 Å². The van der Waals surface area contributed by atoms with Gasteiger partial charge in [-0.05, 0) is 46.1 Å². The molecule has 184 valence electrons. The van der Waals surface area contributed by atoms with E-state index in [1.807, 2.05) is 61.4 Å². The van der Waals surface area contributed by atoms with Crippen molar-refractivity contribution in [1.82, 2.24) is 10.2 Å². The molecule has 2 aromatic rings. The van der Waals surface area contributed by atoms with E-state index in [-0.39, 0.29) is 25.1 Å². The van der Waals surface area contributed by atoms with Crippen LogP contribution < -0.4 is 10.6 Å². The minimum atomic E-state index is -0.534. The van der Waals surface area contributed by atoms with Gasteiger partial charge in [-0.2, -0.15) is 0 Å². The average Bonchev–Trinajstić information content (AvgIpc) is 3.18. The summed E-state index contributed by atoms with van der Waals surface area (Å²) in [7, 11) is 0. The van der Waals surface area contributed by atoms with Crippen LogP contribution in [0.1, 0.15) is 50.9 Å². The molecule has 3 rings (SSSR count). The summed E-state index contributed by atoms with van der Waals surface area (Å²) in [5, 5.41) is 8.16. The Balaban J connectivity index is 1.58. The maximum atomic E-state index is 12.8. The Morgan fingerprint density at radius 3 is 2.41 bits per heavy atom. The monoisotopic (exact) mass is 487 g/mol. The first kappa shape index (κ1) is 25.7. The normalized spacial score (nSPS) is 14.9. The summed E-state index contributed by atoms with van der Waals surface area (Å²) in [4.78, 5) is 39.5. The minimum absolute atomic E-state index is 0.0234. The average molecular weight is 488 g/mol. The van der Waals surface area contributed by atoms with E-state index < -0.39 is 17.7 Å². The predicted octanol–water partition coefficient (Wildman–Crippen LogP) is 4.52. The van der Waals surface area contributed by atoms with Gasteiger partial charge < -0.3 is 20.1 Å². The fourth-order valence-electron chi connectivity index (χ4n) is 3.76. The van der Waals surface area contributed by atoms with Gasteiger partial charge in [0.25, 0.3) is 0 Å². The number of hydrogen-bond donors (Lipinski definition) is 2. The molecule has 1 aliphatic heterocycles. The van der Waals surface area contributed by atoms with Crippen LogP contribution in [0, 0.1) is 0 Å². The Bertz CT molecular complexity index is 992. The number of anilines is 1. The molecule has 2 amide bonds. The number of nitrogens with one attached hydrogen (secondary N) is 2. The van der Waals surface area contributed by atoms with E-state index in [9.17, 15) is 14.4 Å². The molecule has 1 aromatic heterocycles. The van der Waals surface area contributed by atoms with Crippen molar-refractivity contribution in [3.05, 3.63) is 41.3 Å². The number of rotatable bonds is 7. The summed E-state index contributed by atoms with van der Waals surface area (Å²) in [5.74, 6) is -0.641. The third-order valence-corrected chi connectivity index (χ3v) is 6.18. The van der Waals surface area contributed by atoms with Gasteiger partial charge in [0.2, 0.25) is 5.91 Å². The van der Waals surface area contributed by atoms with Gasteiger partial charge in [-0.25, -0.2) is 9.59 Å². The zero-order valence-corrected chi connectivity index (χ0v) is 21.0. The summed E-state index contributed by atoms with van der Waals surface area (Å²) in [6.07, 6.45) is 1.05. The molecular formula is C25H33N3O5S. The first-order valence-electron chi connectivity index (χ1n) is 11.5. The highest BCUT2D eigenvalue weighted by Crippen LogP contribution is 2.36. The molecule has 34 heavy (non-hydrogen) atoms. The summed E-state index contributed by atoms with van der Waals surface area (Å²) in [5.41, 5.74) is 1.48. The van der Waals surface area contributed by atoms with Crippen molar-refractivity contribution in [1.29, 1.82) is 0 Å². The lowest BCUT2D eigenvalue weighted by atomic mass is 10.0. The largest absolute Gasteiger partial charge is 0.462 e. The second-order valence-corrected chi connectivity index (χ2v) is 10.1. The SMILES string of the molecule is CCOC(=O)c1c(-c2ccccc2)csc1NC(=O)CN1CCC(NC(=O)OC(C)(C)C)CC1. The Morgan fingerprint density at radius 2 is 1.79 bits per heavy atom. The fourth-order valence-corrected chi connectivity index (χ4v) is 4.74. The molecule has 0 unspecified atom stereocenters. The highest BCUT2D eigenvalue weighted by Gasteiger charge is 2.26. The van der Waals surface area contributed by atoms with E-state index in [1.54, 1.807) is 6.92 Å². The molecule has 8 nitrogen and oxygen atoms in total. The predicted molar refractivity (Wildman–Crippen MR) is 133 cm³/mol. The number of thiophene rings is 1. The molecule has 2 heterocycles. The molecular weight excluding hydrogens is 454 g/mol.